The topological polar surface area (TPSA) is 88.1 Å². The van der Waals surface area contributed by atoms with Crippen molar-refractivity contribution >= 4 is 17.9 Å². The Labute approximate surface area is 115 Å². The first-order chi connectivity index (χ1) is 9.53. The Hall–Kier alpha value is -2.57. The van der Waals surface area contributed by atoms with E-state index in [1.54, 1.807) is 0 Å². The van der Waals surface area contributed by atoms with Crippen molar-refractivity contribution in [1.82, 2.24) is 0 Å². The van der Waals surface area contributed by atoms with Crippen molar-refractivity contribution in [3.8, 4) is 5.75 Å². The van der Waals surface area contributed by atoms with E-state index in [-0.39, 0.29) is 23.5 Å². The lowest BCUT2D eigenvalue weighted by atomic mass is 10.1. The van der Waals surface area contributed by atoms with Crippen LogP contribution < -0.4 is 4.74 Å². The molecule has 0 bridgehead atoms. The summed E-state index contributed by atoms with van der Waals surface area (Å²) < 4.78 is 18.7. The van der Waals surface area contributed by atoms with Gasteiger partial charge in [-0.2, -0.15) is 0 Å². The summed E-state index contributed by atoms with van der Waals surface area (Å²) in [6.07, 6.45) is 0. The molecule has 1 aromatic carbocycles. The van der Waals surface area contributed by atoms with Crippen LogP contribution in [0, 0.1) is 0 Å². The average molecular weight is 282 g/mol. The van der Waals surface area contributed by atoms with Gasteiger partial charge in [-0.15, -0.1) is 0 Å². The van der Waals surface area contributed by atoms with Gasteiger partial charge in [-0.3, -0.25) is 0 Å². The SMILES string of the molecule is COC(=O)COc1ccc(C(=O)OC)c(C(=O)OC)c1. The van der Waals surface area contributed by atoms with E-state index in [1.165, 1.54) is 39.5 Å². The fourth-order valence-corrected chi connectivity index (χ4v) is 1.38. The second-order valence-corrected chi connectivity index (χ2v) is 3.56. The number of hydrogen-bond donors (Lipinski definition) is 0. The van der Waals surface area contributed by atoms with Gasteiger partial charge in [0.25, 0.3) is 0 Å². The molecule has 0 unspecified atom stereocenters. The van der Waals surface area contributed by atoms with E-state index in [1.807, 2.05) is 0 Å². The van der Waals surface area contributed by atoms with Crippen LogP contribution in [0.3, 0.4) is 0 Å². The largest absolute Gasteiger partial charge is 0.482 e. The quantitative estimate of drug-likeness (QED) is 0.583. The maximum absolute atomic E-state index is 11.6. The Morgan fingerprint density at radius 3 is 2.05 bits per heavy atom. The number of hydrogen-bond acceptors (Lipinski definition) is 7. The van der Waals surface area contributed by atoms with Gasteiger partial charge in [0.15, 0.2) is 6.61 Å². The molecule has 0 heterocycles. The molecule has 0 fully saturated rings. The summed E-state index contributed by atoms with van der Waals surface area (Å²) in [5.74, 6) is -1.73. The monoisotopic (exact) mass is 282 g/mol. The number of benzene rings is 1. The molecule has 0 amide bonds. The van der Waals surface area contributed by atoms with E-state index in [0.29, 0.717) is 0 Å². The lowest BCUT2D eigenvalue weighted by molar-refractivity contribution is -0.142. The van der Waals surface area contributed by atoms with Gasteiger partial charge >= 0.3 is 17.9 Å². The number of ether oxygens (including phenoxy) is 4. The first-order valence-corrected chi connectivity index (χ1v) is 5.53. The number of esters is 3. The molecule has 20 heavy (non-hydrogen) atoms. The van der Waals surface area contributed by atoms with E-state index in [2.05, 4.69) is 14.2 Å². The van der Waals surface area contributed by atoms with Crippen molar-refractivity contribution in [1.29, 1.82) is 0 Å². The average Bonchev–Trinajstić information content (AvgIpc) is 2.50. The molecule has 0 N–H and O–H groups in total. The van der Waals surface area contributed by atoms with Crippen LogP contribution in [0.15, 0.2) is 18.2 Å². The van der Waals surface area contributed by atoms with Crippen LogP contribution in [0.1, 0.15) is 20.7 Å². The molecule has 0 saturated carbocycles. The van der Waals surface area contributed by atoms with Gasteiger partial charge in [0, 0.05) is 0 Å². The highest BCUT2D eigenvalue weighted by atomic mass is 16.6. The molecule has 0 spiro atoms. The minimum absolute atomic E-state index is 0.0123. The van der Waals surface area contributed by atoms with Crippen LogP contribution in [-0.4, -0.2) is 45.8 Å². The summed E-state index contributed by atoms with van der Waals surface area (Å²) in [7, 11) is 3.61. The number of carbonyl (C=O) groups is 3. The summed E-state index contributed by atoms with van der Waals surface area (Å²) in [5, 5.41) is 0. The van der Waals surface area contributed by atoms with Crippen molar-refractivity contribution in [2.45, 2.75) is 0 Å². The van der Waals surface area contributed by atoms with Gasteiger partial charge in [0.05, 0.1) is 32.5 Å². The maximum Gasteiger partial charge on any atom is 0.343 e. The predicted octanol–water partition coefficient (Wildman–Crippen LogP) is 0.812. The molecular formula is C13H14O7. The fraction of sp³-hybridized carbons (Fsp3) is 0.308. The van der Waals surface area contributed by atoms with Crippen LogP contribution in [0.25, 0.3) is 0 Å². The van der Waals surface area contributed by atoms with Crippen LogP contribution in [0.5, 0.6) is 5.75 Å². The third-order valence-corrected chi connectivity index (χ3v) is 2.39. The maximum atomic E-state index is 11.6. The molecule has 0 saturated heterocycles. The summed E-state index contributed by atoms with van der Waals surface area (Å²) in [5.41, 5.74) is 0.0338. The van der Waals surface area contributed by atoms with E-state index in [0.717, 1.165) is 0 Å². The Morgan fingerprint density at radius 1 is 0.900 bits per heavy atom. The van der Waals surface area contributed by atoms with E-state index < -0.39 is 17.9 Å². The molecule has 108 valence electrons. The van der Waals surface area contributed by atoms with Crippen molar-refractivity contribution in [2.24, 2.45) is 0 Å². The van der Waals surface area contributed by atoms with Crippen molar-refractivity contribution in [2.75, 3.05) is 27.9 Å². The van der Waals surface area contributed by atoms with Crippen LogP contribution in [0.4, 0.5) is 0 Å². The van der Waals surface area contributed by atoms with E-state index >= 15 is 0 Å². The molecule has 0 radical (unpaired) electrons. The highest BCUT2D eigenvalue weighted by Gasteiger charge is 2.19. The predicted molar refractivity (Wildman–Crippen MR) is 66.6 cm³/mol. The van der Waals surface area contributed by atoms with Gasteiger partial charge < -0.3 is 18.9 Å². The Bertz CT molecular complexity index is 521. The lowest BCUT2D eigenvalue weighted by Crippen LogP contribution is -2.15. The van der Waals surface area contributed by atoms with Gasteiger partial charge in [0.2, 0.25) is 0 Å². The third kappa shape index (κ3) is 3.71. The Balaban J connectivity index is 3.04. The van der Waals surface area contributed by atoms with Crippen LogP contribution >= 0.6 is 0 Å². The smallest absolute Gasteiger partial charge is 0.343 e. The van der Waals surface area contributed by atoms with Gasteiger partial charge in [-0.25, -0.2) is 14.4 Å². The zero-order valence-electron chi connectivity index (χ0n) is 11.3. The van der Waals surface area contributed by atoms with Gasteiger partial charge in [0.1, 0.15) is 5.75 Å². The summed E-state index contributed by atoms with van der Waals surface area (Å²) in [6.45, 7) is -0.311. The second kappa shape index (κ2) is 7.13. The van der Waals surface area contributed by atoms with E-state index in [9.17, 15) is 14.4 Å². The Morgan fingerprint density at radius 2 is 1.50 bits per heavy atom. The van der Waals surface area contributed by atoms with Crippen LogP contribution in [-0.2, 0) is 19.0 Å². The molecule has 0 atom stereocenters. The van der Waals surface area contributed by atoms with Gasteiger partial charge in [-0.1, -0.05) is 0 Å². The Kier molecular flexibility index (Phi) is 5.52. The fourth-order valence-electron chi connectivity index (χ4n) is 1.38. The normalized spacial score (nSPS) is 9.55. The van der Waals surface area contributed by atoms with Crippen LogP contribution in [0.2, 0.25) is 0 Å². The molecule has 7 heteroatoms. The molecule has 1 aromatic rings. The zero-order chi connectivity index (χ0) is 15.1. The number of carbonyl (C=O) groups excluding carboxylic acids is 3. The highest BCUT2D eigenvalue weighted by Crippen LogP contribution is 2.20. The molecular weight excluding hydrogens is 268 g/mol. The molecule has 0 aliphatic carbocycles. The van der Waals surface area contributed by atoms with Crippen molar-refractivity contribution in [3.05, 3.63) is 29.3 Å². The second-order valence-electron chi connectivity index (χ2n) is 3.56. The minimum atomic E-state index is -0.714. The lowest BCUT2D eigenvalue weighted by Gasteiger charge is -2.09. The molecule has 0 aliphatic heterocycles. The standard InChI is InChI=1S/C13H14O7/c1-17-11(14)7-20-8-4-5-9(12(15)18-2)10(6-8)13(16)19-3/h4-6H,7H2,1-3H3. The minimum Gasteiger partial charge on any atom is -0.482 e. The van der Waals surface area contributed by atoms with Gasteiger partial charge in [-0.05, 0) is 18.2 Å². The molecule has 1 rings (SSSR count). The summed E-state index contributed by atoms with van der Waals surface area (Å²) >= 11 is 0. The molecule has 7 nitrogen and oxygen atoms in total. The third-order valence-electron chi connectivity index (χ3n) is 2.39. The first-order valence-electron chi connectivity index (χ1n) is 5.53. The molecule has 0 aromatic heterocycles. The van der Waals surface area contributed by atoms with Crippen molar-refractivity contribution in [3.63, 3.8) is 0 Å². The summed E-state index contributed by atoms with van der Waals surface area (Å²) in [6, 6.07) is 4.08. The zero-order valence-corrected chi connectivity index (χ0v) is 11.3. The highest BCUT2D eigenvalue weighted by molar-refractivity contribution is 6.03. The number of methoxy groups -OCH3 is 3. The van der Waals surface area contributed by atoms with E-state index in [4.69, 9.17) is 4.74 Å². The van der Waals surface area contributed by atoms with Crippen molar-refractivity contribution < 1.29 is 33.3 Å². The number of rotatable bonds is 5. The molecule has 0 aliphatic rings. The first kappa shape index (κ1) is 15.5. The summed E-state index contributed by atoms with van der Waals surface area (Å²) in [4.78, 5) is 34.1.